The number of benzene rings is 2. The van der Waals surface area contributed by atoms with Gasteiger partial charge in [-0.05, 0) is 79.8 Å². The highest BCUT2D eigenvalue weighted by Gasteiger charge is 2.38. The second-order valence-electron chi connectivity index (χ2n) is 9.62. The van der Waals surface area contributed by atoms with Crippen LogP contribution < -0.4 is 9.64 Å². The van der Waals surface area contributed by atoms with E-state index in [0.29, 0.717) is 22.1 Å². The molecule has 34 heavy (non-hydrogen) atoms. The second kappa shape index (κ2) is 9.45. The van der Waals surface area contributed by atoms with Gasteiger partial charge in [-0.1, -0.05) is 26.0 Å². The predicted molar refractivity (Wildman–Crippen MR) is 136 cm³/mol. The number of nitrogens with zero attached hydrogens (tertiary/aromatic N) is 2. The first-order valence-corrected chi connectivity index (χ1v) is 12.5. The highest BCUT2D eigenvalue weighted by Crippen LogP contribution is 2.46. The number of halogens is 1. The lowest BCUT2D eigenvalue weighted by atomic mass is 9.79. The molecule has 0 radical (unpaired) electrons. The third-order valence-electron chi connectivity index (χ3n) is 6.60. The van der Waals surface area contributed by atoms with Crippen molar-refractivity contribution < 1.29 is 18.7 Å². The van der Waals surface area contributed by atoms with Crippen molar-refractivity contribution in [3.05, 3.63) is 63.8 Å². The molecular weight excluding hydrogens is 451 g/mol. The number of fused-ring (bicyclic) bond motifs is 1. The maximum atomic E-state index is 13.2. The molecule has 0 spiro atoms. The van der Waals surface area contributed by atoms with E-state index in [1.807, 2.05) is 0 Å². The number of hydrogen-bond donors (Lipinski definition) is 0. The number of amides is 2. The molecule has 2 aliphatic rings. The fourth-order valence-corrected chi connectivity index (χ4v) is 5.84. The Morgan fingerprint density at radius 2 is 1.91 bits per heavy atom. The molecule has 4 rings (SSSR count). The van der Waals surface area contributed by atoms with Gasteiger partial charge in [-0.15, -0.1) is 0 Å². The van der Waals surface area contributed by atoms with Crippen molar-refractivity contribution in [3.63, 3.8) is 0 Å². The van der Waals surface area contributed by atoms with Gasteiger partial charge in [0.2, 0.25) is 0 Å². The smallest absolute Gasteiger partial charge is 0.293 e. The second-order valence-corrected chi connectivity index (χ2v) is 10.6. The molecule has 1 fully saturated rings. The lowest BCUT2D eigenvalue weighted by Crippen LogP contribution is -2.48. The monoisotopic (exact) mass is 482 g/mol. The molecular formula is C27H31FN2O3S. The van der Waals surface area contributed by atoms with Gasteiger partial charge < -0.3 is 9.64 Å². The van der Waals surface area contributed by atoms with Gasteiger partial charge in [-0.3, -0.25) is 14.5 Å². The third-order valence-corrected chi connectivity index (χ3v) is 7.51. The Morgan fingerprint density at radius 3 is 2.56 bits per heavy atom. The van der Waals surface area contributed by atoms with E-state index >= 15 is 0 Å². The highest BCUT2D eigenvalue weighted by atomic mass is 32.2. The number of carbonyl (C=O) groups is 2. The number of hydrogen-bond acceptors (Lipinski definition) is 5. The fraction of sp³-hybridized carbons (Fsp3) is 0.407. The first-order chi connectivity index (χ1) is 16.1. The van der Waals surface area contributed by atoms with Gasteiger partial charge in [-0.25, -0.2) is 4.39 Å². The summed E-state index contributed by atoms with van der Waals surface area (Å²) in [5, 5.41) is -0.332. The molecule has 1 unspecified atom stereocenters. The zero-order valence-electron chi connectivity index (χ0n) is 20.4. The number of ether oxygens (including phenoxy) is 1. The van der Waals surface area contributed by atoms with Gasteiger partial charge in [0.1, 0.15) is 11.6 Å². The lowest BCUT2D eigenvalue weighted by molar-refractivity contribution is -0.123. The van der Waals surface area contributed by atoms with Gasteiger partial charge in [-0.2, -0.15) is 0 Å². The van der Waals surface area contributed by atoms with Crippen LogP contribution in [0, 0.1) is 5.82 Å². The SMILES string of the molecule is CCCN1c2cc(OC)c(/C=C3/SC(=O)N(Cc4ccc(F)cc4)C3=O)cc2C(C)CC1(C)C. The minimum Gasteiger partial charge on any atom is -0.496 e. The molecule has 5 nitrogen and oxygen atoms in total. The van der Waals surface area contributed by atoms with E-state index in [1.165, 1.54) is 28.3 Å². The summed E-state index contributed by atoms with van der Waals surface area (Å²) in [6.45, 7) is 10.0. The topological polar surface area (TPSA) is 49.9 Å². The largest absolute Gasteiger partial charge is 0.496 e. The third kappa shape index (κ3) is 4.58. The van der Waals surface area contributed by atoms with Crippen molar-refractivity contribution in [2.45, 2.75) is 58.5 Å². The molecule has 2 aromatic carbocycles. The number of thioether (sulfide) groups is 1. The van der Waals surface area contributed by atoms with Crippen LogP contribution in [-0.2, 0) is 11.3 Å². The molecule has 1 saturated heterocycles. The minimum absolute atomic E-state index is 0.0396. The van der Waals surface area contributed by atoms with E-state index in [1.54, 1.807) is 25.3 Å². The summed E-state index contributed by atoms with van der Waals surface area (Å²) in [7, 11) is 1.63. The van der Waals surface area contributed by atoms with Crippen molar-refractivity contribution in [2.75, 3.05) is 18.6 Å². The maximum absolute atomic E-state index is 13.2. The van der Waals surface area contributed by atoms with E-state index < -0.39 is 0 Å². The van der Waals surface area contributed by atoms with Crippen LogP contribution in [0.4, 0.5) is 14.9 Å². The summed E-state index contributed by atoms with van der Waals surface area (Å²) in [6.07, 6.45) is 3.83. The molecule has 2 amide bonds. The van der Waals surface area contributed by atoms with Gasteiger partial charge >= 0.3 is 0 Å². The first-order valence-electron chi connectivity index (χ1n) is 11.6. The van der Waals surface area contributed by atoms with Crippen LogP contribution in [0.3, 0.4) is 0 Å². The highest BCUT2D eigenvalue weighted by molar-refractivity contribution is 8.18. The van der Waals surface area contributed by atoms with Crippen LogP contribution >= 0.6 is 11.8 Å². The number of anilines is 1. The van der Waals surface area contributed by atoms with E-state index in [4.69, 9.17) is 4.74 Å². The summed E-state index contributed by atoms with van der Waals surface area (Å²) in [5.41, 5.74) is 3.92. The van der Waals surface area contributed by atoms with Gasteiger partial charge in [0.05, 0.1) is 18.6 Å². The van der Waals surface area contributed by atoms with Crippen LogP contribution in [0.15, 0.2) is 41.3 Å². The minimum atomic E-state index is -0.354. The molecule has 0 aliphatic carbocycles. The standard InChI is InChI=1S/C27H31FN2O3S/c1-6-11-30-22-14-23(33-5)19(12-21(22)17(2)15-27(30,3)4)13-24-25(31)29(26(32)34-24)16-18-7-9-20(28)10-8-18/h7-10,12-14,17H,6,11,15-16H2,1-5H3/b24-13+. The number of rotatable bonds is 6. The Hall–Kier alpha value is -2.80. The molecule has 0 aromatic heterocycles. The summed E-state index contributed by atoms with van der Waals surface area (Å²) in [6, 6.07) is 9.99. The first kappa shape index (κ1) is 24.3. The van der Waals surface area contributed by atoms with Crippen molar-refractivity contribution in [1.82, 2.24) is 4.90 Å². The lowest BCUT2D eigenvalue weighted by Gasteiger charge is -2.47. The van der Waals surface area contributed by atoms with Crippen LogP contribution in [-0.4, -0.2) is 35.2 Å². The normalized spacial score (nSPS) is 20.8. The predicted octanol–water partition coefficient (Wildman–Crippen LogP) is 6.57. The van der Waals surface area contributed by atoms with E-state index in [0.717, 1.165) is 36.7 Å². The van der Waals surface area contributed by atoms with Crippen molar-refractivity contribution >= 4 is 34.7 Å². The summed E-state index contributed by atoms with van der Waals surface area (Å²) >= 11 is 0.923. The molecule has 180 valence electrons. The van der Waals surface area contributed by atoms with E-state index in [2.05, 4.69) is 44.7 Å². The number of methoxy groups -OCH3 is 1. The Morgan fingerprint density at radius 1 is 1.21 bits per heavy atom. The van der Waals surface area contributed by atoms with E-state index in [-0.39, 0.29) is 29.0 Å². The molecule has 0 bridgehead atoms. The summed E-state index contributed by atoms with van der Waals surface area (Å²) in [4.78, 5) is 29.7. The molecule has 0 N–H and O–H groups in total. The molecule has 0 saturated carbocycles. The van der Waals surface area contributed by atoms with Crippen LogP contribution in [0.2, 0.25) is 0 Å². The van der Waals surface area contributed by atoms with Crippen LogP contribution in [0.5, 0.6) is 5.75 Å². The maximum Gasteiger partial charge on any atom is 0.293 e. The van der Waals surface area contributed by atoms with E-state index in [9.17, 15) is 14.0 Å². The van der Waals surface area contributed by atoms with Crippen molar-refractivity contribution in [1.29, 1.82) is 0 Å². The molecule has 1 atom stereocenters. The summed E-state index contributed by atoms with van der Waals surface area (Å²) < 4.78 is 18.9. The fourth-order valence-electron chi connectivity index (χ4n) is 5.01. The molecule has 2 heterocycles. The van der Waals surface area contributed by atoms with Crippen LogP contribution in [0.1, 0.15) is 63.1 Å². The molecule has 2 aromatic rings. The zero-order valence-corrected chi connectivity index (χ0v) is 21.2. The van der Waals surface area contributed by atoms with Gasteiger partial charge in [0.25, 0.3) is 11.1 Å². The Kier molecular flexibility index (Phi) is 6.76. The van der Waals surface area contributed by atoms with Crippen LogP contribution in [0.25, 0.3) is 6.08 Å². The zero-order chi connectivity index (χ0) is 24.6. The van der Waals surface area contributed by atoms with Gasteiger partial charge in [0.15, 0.2) is 0 Å². The Balaban J connectivity index is 1.68. The molecule has 2 aliphatic heterocycles. The Bertz CT molecular complexity index is 1140. The average molecular weight is 483 g/mol. The van der Waals surface area contributed by atoms with Crippen molar-refractivity contribution in [2.24, 2.45) is 0 Å². The quantitative estimate of drug-likeness (QED) is 0.436. The average Bonchev–Trinajstić information content (AvgIpc) is 3.05. The Labute approximate surface area is 205 Å². The van der Waals surface area contributed by atoms with Crippen molar-refractivity contribution in [3.8, 4) is 5.75 Å². The summed E-state index contributed by atoms with van der Waals surface area (Å²) in [5.74, 6) is 0.327. The van der Waals surface area contributed by atoms with Gasteiger partial charge in [0, 0.05) is 29.4 Å². The number of imide groups is 1. The number of carbonyl (C=O) groups excluding carboxylic acids is 2. The molecule has 7 heteroatoms.